The topological polar surface area (TPSA) is 105 Å². The number of nitrogens with zero attached hydrogens (tertiary/aromatic N) is 2. The minimum Gasteiger partial charge on any atom is -0.486 e. The molecule has 1 saturated heterocycles. The maximum absolute atomic E-state index is 12.0. The number of amides is 5. The van der Waals surface area contributed by atoms with E-state index < -0.39 is 36.4 Å². The molecule has 0 unspecified atom stereocenters. The molecule has 0 aliphatic carbocycles. The molecule has 1 aromatic rings. The standard InChI is InChI=1S/C17H17N3O6/c1-2-7-19-15(22)16(23)20(17(19)24)9-14(21)18-8-11-10-25-12-5-3-4-6-13(12)26-11/h2-6,11H,1,7-10H2,(H,18,21)/t11-/m0/s1. The Kier molecular flexibility index (Phi) is 4.87. The zero-order valence-electron chi connectivity index (χ0n) is 13.8. The van der Waals surface area contributed by atoms with Gasteiger partial charge in [0.05, 0.1) is 6.54 Å². The number of imide groups is 2. The van der Waals surface area contributed by atoms with Gasteiger partial charge in [0.1, 0.15) is 19.3 Å². The maximum atomic E-state index is 12.0. The molecular weight excluding hydrogens is 342 g/mol. The summed E-state index contributed by atoms with van der Waals surface area (Å²) in [6.07, 6.45) is 0.919. The average molecular weight is 359 g/mol. The third kappa shape index (κ3) is 3.37. The summed E-state index contributed by atoms with van der Waals surface area (Å²) in [4.78, 5) is 49.0. The lowest BCUT2D eigenvalue weighted by molar-refractivity contribution is -0.143. The van der Waals surface area contributed by atoms with Crippen molar-refractivity contribution in [3.63, 3.8) is 0 Å². The monoisotopic (exact) mass is 359 g/mol. The largest absolute Gasteiger partial charge is 0.486 e. The Morgan fingerprint density at radius 3 is 2.62 bits per heavy atom. The fourth-order valence-corrected chi connectivity index (χ4v) is 2.57. The van der Waals surface area contributed by atoms with Crippen LogP contribution < -0.4 is 14.8 Å². The van der Waals surface area contributed by atoms with Gasteiger partial charge >= 0.3 is 17.8 Å². The Morgan fingerprint density at radius 1 is 1.19 bits per heavy atom. The number of para-hydroxylation sites is 2. The first-order chi connectivity index (χ1) is 12.5. The highest BCUT2D eigenvalue weighted by molar-refractivity contribution is 6.45. The third-order valence-corrected chi connectivity index (χ3v) is 3.84. The summed E-state index contributed by atoms with van der Waals surface area (Å²) in [7, 11) is 0. The third-order valence-electron chi connectivity index (χ3n) is 3.84. The van der Waals surface area contributed by atoms with Gasteiger partial charge in [-0.15, -0.1) is 6.58 Å². The minimum absolute atomic E-state index is 0.0891. The Labute approximate surface area is 149 Å². The Balaban J connectivity index is 1.52. The summed E-state index contributed by atoms with van der Waals surface area (Å²) < 4.78 is 11.2. The average Bonchev–Trinajstić information content (AvgIpc) is 2.84. The SMILES string of the molecule is C=CCN1C(=O)C(=O)N(CC(=O)NC[C@H]2COc3ccccc3O2)C1=O. The molecule has 2 aliphatic rings. The summed E-state index contributed by atoms with van der Waals surface area (Å²) >= 11 is 0. The summed E-state index contributed by atoms with van der Waals surface area (Å²) in [5, 5.41) is 2.57. The van der Waals surface area contributed by atoms with Gasteiger partial charge in [0.15, 0.2) is 11.5 Å². The van der Waals surface area contributed by atoms with Gasteiger partial charge in [-0.2, -0.15) is 0 Å². The lowest BCUT2D eigenvalue weighted by Gasteiger charge is -2.26. The van der Waals surface area contributed by atoms with Crippen molar-refractivity contribution in [2.75, 3.05) is 26.2 Å². The highest BCUT2D eigenvalue weighted by Gasteiger charge is 2.44. The van der Waals surface area contributed by atoms with Crippen LogP contribution in [0, 0.1) is 0 Å². The molecular formula is C17H17N3O6. The molecule has 2 aliphatic heterocycles. The summed E-state index contributed by atoms with van der Waals surface area (Å²) in [6, 6.07) is 6.33. The molecule has 136 valence electrons. The summed E-state index contributed by atoms with van der Waals surface area (Å²) in [5.74, 6) is -1.37. The molecule has 1 N–H and O–H groups in total. The van der Waals surface area contributed by atoms with Crippen molar-refractivity contribution in [1.29, 1.82) is 0 Å². The smallest absolute Gasteiger partial charge is 0.335 e. The highest BCUT2D eigenvalue weighted by atomic mass is 16.6. The normalized spacial score (nSPS) is 18.9. The number of rotatable bonds is 6. The van der Waals surface area contributed by atoms with Gasteiger partial charge in [-0.25, -0.2) is 9.69 Å². The molecule has 2 heterocycles. The van der Waals surface area contributed by atoms with Crippen LogP contribution in [0.2, 0.25) is 0 Å². The maximum Gasteiger partial charge on any atom is 0.335 e. The highest BCUT2D eigenvalue weighted by Crippen LogP contribution is 2.30. The molecule has 0 spiro atoms. The van der Waals surface area contributed by atoms with E-state index in [-0.39, 0.29) is 19.7 Å². The lowest BCUT2D eigenvalue weighted by atomic mass is 10.2. The summed E-state index contributed by atoms with van der Waals surface area (Å²) in [5.41, 5.74) is 0. The number of ether oxygens (including phenoxy) is 2. The number of carbonyl (C=O) groups excluding carboxylic acids is 4. The van der Waals surface area contributed by atoms with Gasteiger partial charge in [-0.1, -0.05) is 18.2 Å². The lowest BCUT2D eigenvalue weighted by Crippen LogP contribution is -2.45. The van der Waals surface area contributed by atoms with Gasteiger partial charge in [0.2, 0.25) is 5.91 Å². The van der Waals surface area contributed by atoms with Crippen LogP contribution in [0.4, 0.5) is 4.79 Å². The number of hydrogen-bond acceptors (Lipinski definition) is 6. The van der Waals surface area contributed by atoms with E-state index in [0.29, 0.717) is 16.4 Å². The molecule has 9 heteroatoms. The van der Waals surface area contributed by atoms with Crippen LogP contribution in [0.3, 0.4) is 0 Å². The molecule has 5 amide bonds. The number of benzene rings is 1. The van der Waals surface area contributed by atoms with E-state index in [2.05, 4.69) is 11.9 Å². The quantitative estimate of drug-likeness (QED) is 0.433. The molecule has 1 aromatic carbocycles. The molecule has 3 rings (SSSR count). The molecule has 1 fully saturated rings. The number of fused-ring (bicyclic) bond motifs is 1. The zero-order valence-corrected chi connectivity index (χ0v) is 13.8. The number of hydrogen-bond donors (Lipinski definition) is 1. The first-order valence-electron chi connectivity index (χ1n) is 7.94. The van der Waals surface area contributed by atoms with E-state index in [1.54, 1.807) is 18.2 Å². The first kappa shape index (κ1) is 17.5. The van der Waals surface area contributed by atoms with Crippen molar-refractivity contribution in [3.05, 3.63) is 36.9 Å². The van der Waals surface area contributed by atoms with E-state index in [1.165, 1.54) is 6.08 Å². The van der Waals surface area contributed by atoms with Crippen LogP contribution in [0.5, 0.6) is 11.5 Å². The van der Waals surface area contributed by atoms with E-state index in [0.717, 1.165) is 4.90 Å². The molecule has 0 saturated carbocycles. The second kappa shape index (κ2) is 7.26. The minimum atomic E-state index is -1.03. The Morgan fingerprint density at radius 2 is 1.88 bits per heavy atom. The van der Waals surface area contributed by atoms with E-state index >= 15 is 0 Å². The van der Waals surface area contributed by atoms with Gasteiger partial charge in [-0.3, -0.25) is 19.3 Å². The van der Waals surface area contributed by atoms with E-state index in [9.17, 15) is 19.2 Å². The Hall–Kier alpha value is -3.36. The van der Waals surface area contributed by atoms with Crippen molar-refractivity contribution in [2.24, 2.45) is 0 Å². The van der Waals surface area contributed by atoms with Crippen LogP contribution in [-0.4, -0.2) is 65.9 Å². The summed E-state index contributed by atoms with van der Waals surface area (Å²) in [6.45, 7) is 3.18. The molecule has 9 nitrogen and oxygen atoms in total. The molecule has 0 radical (unpaired) electrons. The van der Waals surface area contributed by atoms with Gasteiger partial charge in [0, 0.05) is 6.54 Å². The van der Waals surface area contributed by atoms with Crippen LogP contribution in [0.15, 0.2) is 36.9 Å². The van der Waals surface area contributed by atoms with Crippen LogP contribution >= 0.6 is 0 Å². The van der Waals surface area contributed by atoms with Gasteiger partial charge < -0.3 is 14.8 Å². The second-order valence-corrected chi connectivity index (χ2v) is 5.68. The van der Waals surface area contributed by atoms with Crippen LogP contribution in [0.25, 0.3) is 0 Å². The van der Waals surface area contributed by atoms with Crippen molar-refractivity contribution in [1.82, 2.24) is 15.1 Å². The van der Waals surface area contributed by atoms with Gasteiger partial charge in [-0.05, 0) is 12.1 Å². The van der Waals surface area contributed by atoms with Crippen molar-refractivity contribution in [3.8, 4) is 11.5 Å². The fourth-order valence-electron chi connectivity index (χ4n) is 2.57. The molecule has 1 atom stereocenters. The molecule has 0 bridgehead atoms. The number of nitrogens with one attached hydrogen (secondary N) is 1. The van der Waals surface area contributed by atoms with Crippen molar-refractivity contribution in [2.45, 2.75) is 6.10 Å². The number of carbonyl (C=O) groups is 4. The van der Waals surface area contributed by atoms with Crippen molar-refractivity contribution < 1.29 is 28.7 Å². The second-order valence-electron chi connectivity index (χ2n) is 5.68. The first-order valence-corrected chi connectivity index (χ1v) is 7.94. The Bertz CT molecular complexity index is 778. The van der Waals surface area contributed by atoms with E-state index in [4.69, 9.17) is 9.47 Å². The number of urea groups is 1. The zero-order chi connectivity index (χ0) is 18.7. The van der Waals surface area contributed by atoms with Crippen molar-refractivity contribution >= 4 is 23.8 Å². The predicted molar refractivity (Wildman–Crippen MR) is 88.4 cm³/mol. The van der Waals surface area contributed by atoms with Crippen LogP contribution in [0.1, 0.15) is 0 Å². The molecule has 0 aromatic heterocycles. The predicted octanol–water partition coefficient (Wildman–Crippen LogP) is -0.0806. The van der Waals surface area contributed by atoms with Crippen LogP contribution in [-0.2, 0) is 14.4 Å². The molecule has 26 heavy (non-hydrogen) atoms. The van der Waals surface area contributed by atoms with E-state index in [1.807, 2.05) is 6.07 Å². The van der Waals surface area contributed by atoms with Gasteiger partial charge in [0.25, 0.3) is 0 Å². The fraction of sp³-hybridized carbons (Fsp3) is 0.294.